The first kappa shape index (κ1) is 17.3. The molecule has 1 N–H and O–H groups in total. The van der Waals surface area contributed by atoms with E-state index in [0.717, 1.165) is 45.4 Å². The van der Waals surface area contributed by atoms with Gasteiger partial charge in [0.15, 0.2) is 0 Å². The summed E-state index contributed by atoms with van der Waals surface area (Å²) in [6.45, 7) is 8.70. The number of likely N-dealkylation sites (tertiary alicyclic amines) is 2. The Hall–Kier alpha value is -1.10. The smallest absolute Gasteiger partial charge is 0.304 e. The van der Waals surface area contributed by atoms with Crippen molar-refractivity contribution >= 4 is 11.9 Å². The van der Waals surface area contributed by atoms with E-state index in [-0.39, 0.29) is 11.8 Å². The number of piperidine rings is 2. The summed E-state index contributed by atoms with van der Waals surface area (Å²) in [5.41, 5.74) is 0.196. The second kappa shape index (κ2) is 7.44. The van der Waals surface area contributed by atoms with Crippen LogP contribution < -0.4 is 0 Å². The number of rotatable bonds is 6. The maximum atomic E-state index is 12.2. The van der Waals surface area contributed by atoms with Crippen LogP contribution in [-0.2, 0) is 9.59 Å². The fraction of sp³-hybridized carbons (Fsp3) is 0.882. The van der Waals surface area contributed by atoms with Gasteiger partial charge in [0.1, 0.15) is 0 Å². The molecule has 0 aromatic heterocycles. The molecule has 2 fully saturated rings. The molecule has 1 spiro atoms. The average Bonchev–Trinajstić information content (AvgIpc) is 2.47. The predicted octanol–water partition coefficient (Wildman–Crippen LogP) is 2.21. The summed E-state index contributed by atoms with van der Waals surface area (Å²) in [6.07, 6.45) is 5.18. The Morgan fingerprint density at radius 3 is 2.73 bits per heavy atom. The standard InChI is InChI=1S/C17H30N2O3/c1-14(2)5-11-19-13-17(8-4-15(19)20)7-3-9-18(12-17)10-6-16(21)22/h14H,3-13H2,1-2H3,(H,21,22). The third-order valence-corrected chi connectivity index (χ3v) is 5.11. The first-order valence-electron chi connectivity index (χ1n) is 8.62. The van der Waals surface area contributed by atoms with Crippen LogP contribution in [0.25, 0.3) is 0 Å². The quantitative estimate of drug-likeness (QED) is 0.817. The lowest BCUT2D eigenvalue weighted by atomic mass is 9.73. The molecule has 0 saturated carbocycles. The Labute approximate surface area is 133 Å². The van der Waals surface area contributed by atoms with E-state index >= 15 is 0 Å². The summed E-state index contributed by atoms with van der Waals surface area (Å²) in [4.78, 5) is 27.3. The highest BCUT2D eigenvalue weighted by Gasteiger charge is 2.41. The van der Waals surface area contributed by atoms with Crippen molar-refractivity contribution < 1.29 is 14.7 Å². The topological polar surface area (TPSA) is 60.9 Å². The van der Waals surface area contributed by atoms with Crippen LogP contribution in [0.15, 0.2) is 0 Å². The van der Waals surface area contributed by atoms with Crippen molar-refractivity contribution in [2.75, 3.05) is 32.7 Å². The van der Waals surface area contributed by atoms with Gasteiger partial charge in [0.2, 0.25) is 5.91 Å². The van der Waals surface area contributed by atoms with Crippen molar-refractivity contribution in [1.29, 1.82) is 0 Å². The molecular weight excluding hydrogens is 280 g/mol. The molecule has 1 unspecified atom stereocenters. The Morgan fingerprint density at radius 2 is 2.05 bits per heavy atom. The van der Waals surface area contributed by atoms with Crippen LogP contribution in [0, 0.1) is 11.3 Å². The molecule has 2 saturated heterocycles. The third-order valence-electron chi connectivity index (χ3n) is 5.11. The molecule has 126 valence electrons. The van der Waals surface area contributed by atoms with Gasteiger partial charge >= 0.3 is 5.97 Å². The van der Waals surface area contributed by atoms with Crippen molar-refractivity contribution in [2.24, 2.45) is 11.3 Å². The van der Waals surface area contributed by atoms with E-state index < -0.39 is 5.97 Å². The van der Waals surface area contributed by atoms with Gasteiger partial charge in [0.25, 0.3) is 0 Å². The molecule has 1 amide bonds. The molecule has 0 bridgehead atoms. The summed E-state index contributed by atoms with van der Waals surface area (Å²) in [6, 6.07) is 0. The van der Waals surface area contributed by atoms with Crippen molar-refractivity contribution in [3.8, 4) is 0 Å². The average molecular weight is 310 g/mol. The zero-order chi connectivity index (χ0) is 16.2. The van der Waals surface area contributed by atoms with E-state index in [1.165, 1.54) is 6.42 Å². The second-order valence-corrected chi connectivity index (χ2v) is 7.52. The number of hydrogen-bond donors (Lipinski definition) is 1. The predicted molar refractivity (Wildman–Crippen MR) is 85.6 cm³/mol. The van der Waals surface area contributed by atoms with Gasteiger partial charge in [-0.25, -0.2) is 0 Å². The summed E-state index contributed by atoms with van der Waals surface area (Å²) < 4.78 is 0. The number of nitrogens with zero attached hydrogens (tertiary/aromatic N) is 2. The van der Waals surface area contributed by atoms with Gasteiger partial charge in [-0.2, -0.15) is 0 Å². The van der Waals surface area contributed by atoms with Crippen molar-refractivity contribution in [2.45, 2.75) is 52.4 Å². The summed E-state index contributed by atoms with van der Waals surface area (Å²) in [7, 11) is 0. The van der Waals surface area contributed by atoms with Gasteiger partial charge in [0, 0.05) is 38.0 Å². The maximum absolute atomic E-state index is 12.2. The number of carboxylic acids is 1. The van der Waals surface area contributed by atoms with Crippen molar-refractivity contribution in [3.63, 3.8) is 0 Å². The molecule has 22 heavy (non-hydrogen) atoms. The van der Waals surface area contributed by atoms with E-state index in [4.69, 9.17) is 5.11 Å². The maximum Gasteiger partial charge on any atom is 0.304 e. The minimum atomic E-state index is -0.725. The van der Waals surface area contributed by atoms with Crippen LogP contribution >= 0.6 is 0 Å². The van der Waals surface area contributed by atoms with Crippen LogP contribution in [0.4, 0.5) is 0 Å². The second-order valence-electron chi connectivity index (χ2n) is 7.52. The zero-order valence-electron chi connectivity index (χ0n) is 14.0. The Kier molecular flexibility index (Phi) is 5.84. The van der Waals surface area contributed by atoms with E-state index in [1.807, 2.05) is 0 Å². The van der Waals surface area contributed by atoms with Gasteiger partial charge in [-0.15, -0.1) is 0 Å². The van der Waals surface area contributed by atoms with E-state index in [0.29, 0.717) is 24.8 Å². The lowest BCUT2D eigenvalue weighted by molar-refractivity contribution is -0.139. The molecule has 5 heteroatoms. The summed E-state index contributed by atoms with van der Waals surface area (Å²) >= 11 is 0. The molecule has 0 aliphatic carbocycles. The third kappa shape index (κ3) is 4.70. The normalized spacial score (nSPS) is 26.9. The van der Waals surface area contributed by atoms with Crippen LogP contribution in [0.3, 0.4) is 0 Å². The number of aliphatic carboxylic acids is 1. The van der Waals surface area contributed by atoms with E-state index in [1.54, 1.807) is 0 Å². The number of carbonyl (C=O) groups excluding carboxylic acids is 1. The largest absolute Gasteiger partial charge is 0.481 e. The molecular formula is C17H30N2O3. The Morgan fingerprint density at radius 1 is 1.27 bits per heavy atom. The molecule has 2 rings (SSSR count). The summed E-state index contributed by atoms with van der Waals surface area (Å²) in [5, 5.41) is 8.87. The molecule has 5 nitrogen and oxygen atoms in total. The van der Waals surface area contributed by atoms with Crippen LogP contribution in [0.5, 0.6) is 0 Å². The fourth-order valence-corrected chi connectivity index (χ4v) is 3.81. The fourth-order valence-electron chi connectivity index (χ4n) is 3.81. The molecule has 2 aliphatic heterocycles. The molecule has 2 heterocycles. The van der Waals surface area contributed by atoms with Crippen molar-refractivity contribution in [3.05, 3.63) is 0 Å². The SMILES string of the molecule is CC(C)CCN1CC2(CCCN(CCC(=O)O)C2)CCC1=O. The molecule has 0 aromatic rings. The van der Waals surface area contributed by atoms with Gasteiger partial charge in [0.05, 0.1) is 6.42 Å². The summed E-state index contributed by atoms with van der Waals surface area (Å²) in [5.74, 6) is 0.190. The molecule has 0 radical (unpaired) electrons. The lowest BCUT2D eigenvalue weighted by Gasteiger charge is -2.48. The van der Waals surface area contributed by atoms with Gasteiger partial charge < -0.3 is 14.9 Å². The van der Waals surface area contributed by atoms with E-state index in [9.17, 15) is 9.59 Å². The zero-order valence-corrected chi connectivity index (χ0v) is 14.0. The first-order chi connectivity index (χ1) is 10.4. The Balaban J connectivity index is 1.93. The molecule has 1 atom stereocenters. The van der Waals surface area contributed by atoms with Crippen LogP contribution in [0.1, 0.15) is 52.4 Å². The first-order valence-corrected chi connectivity index (χ1v) is 8.62. The minimum Gasteiger partial charge on any atom is -0.481 e. The molecule has 2 aliphatic rings. The highest BCUT2D eigenvalue weighted by atomic mass is 16.4. The number of hydrogen-bond acceptors (Lipinski definition) is 3. The van der Waals surface area contributed by atoms with Gasteiger partial charge in [-0.05, 0) is 38.1 Å². The van der Waals surface area contributed by atoms with E-state index in [2.05, 4.69) is 23.6 Å². The number of carboxylic acid groups (broad SMARTS) is 1. The Bertz CT molecular complexity index is 411. The van der Waals surface area contributed by atoms with Gasteiger partial charge in [-0.3, -0.25) is 9.59 Å². The lowest BCUT2D eigenvalue weighted by Crippen LogP contribution is -2.54. The van der Waals surface area contributed by atoms with Crippen molar-refractivity contribution in [1.82, 2.24) is 9.80 Å². The van der Waals surface area contributed by atoms with Crippen LogP contribution in [0.2, 0.25) is 0 Å². The highest BCUT2D eigenvalue weighted by molar-refractivity contribution is 5.77. The number of amides is 1. The number of carbonyl (C=O) groups is 2. The monoisotopic (exact) mass is 310 g/mol. The minimum absolute atomic E-state index is 0.196. The highest BCUT2D eigenvalue weighted by Crippen LogP contribution is 2.39. The van der Waals surface area contributed by atoms with Crippen LogP contribution in [-0.4, -0.2) is 59.5 Å². The molecule has 0 aromatic carbocycles. The van der Waals surface area contributed by atoms with Gasteiger partial charge in [-0.1, -0.05) is 13.8 Å².